The molecule has 1 heterocycles. The number of alkyl halides is 3. The van der Waals surface area contributed by atoms with Crippen molar-refractivity contribution >= 4 is 18.3 Å². The topological polar surface area (TPSA) is 41.1 Å². The number of hydrogen-bond acceptors (Lipinski definition) is 2. The molecule has 1 aliphatic rings. The van der Waals surface area contributed by atoms with Crippen molar-refractivity contribution in [1.29, 1.82) is 0 Å². The van der Waals surface area contributed by atoms with Crippen molar-refractivity contribution in [2.24, 2.45) is 5.92 Å². The van der Waals surface area contributed by atoms with E-state index in [0.29, 0.717) is 12.1 Å². The molecule has 0 aliphatic carbocycles. The molecule has 2 unspecified atom stereocenters. The lowest BCUT2D eigenvalue weighted by atomic mass is 9.97. The number of nitrogens with one attached hydrogen (secondary N) is 2. The first kappa shape index (κ1) is 18.8. The highest BCUT2D eigenvalue weighted by Crippen LogP contribution is 2.30. The van der Waals surface area contributed by atoms with Crippen LogP contribution < -0.4 is 10.6 Å². The molecule has 1 saturated heterocycles. The minimum absolute atomic E-state index is 0. The molecule has 0 aromatic heterocycles. The van der Waals surface area contributed by atoms with E-state index in [1.165, 1.54) is 6.07 Å². The predicted octanol–water partition coefficient (Wildman–Crippen LogP) is 3.30. The number of halogens is 4. The van der Waals surface area contributed by atoms with Crippen LogP contribution in [0.15, 0.2) is 24.3 Å². The summed E-state index contributed by atoms with van der Waals surface area (Å²) < 4.78 is 38.1. The highest BCUT2D eigenvalue weighted by molar-refractivity contribution is 5.85. The molecular formula is C15H20ClF3N2O. The molecular weight excluding hydrogens is 317 g/mol. The fourth-order valence-corrected chi connectivity index (χ4v) is 2.47. The largest absolute Gasteiger partial charge is 0.416 e. The number of hydrogen-bond donors (Lipinski definition) is 2. The Hall–Kier alpha value is -1.27. The van der Waals surface area contributed by atoms with Gasteiger partial charge in [-0.25, -0.2) is 0 Å². The van der Waals surface area contributed by atoms with Crippen molar-refractivity contribution in [2.45, 2.75) is 32.0 Å². The molecule has 1 aromatic rings. The Kier molecular flexibility index (Phi) is 6.68. The highest BCUT2D eigenvalue weighted by atomic mass is 35.5. The van der Waals surface area contributed by atoms with Crippen LogP contribution in [0.1, 0.15) is 36.9 Å². The predicted molar refractivity (Wildman–Crippen MR) is 80.8 cm³/mol. The van der Waals surface area contributed by atoms with E-state index in [9.17, 15) is 18.0 Å². The van der Waals surface area contributed by atoms with Crippen LogP contribution in [0.2, 0.25) is 0 Å². The summed E-state index contributed by atoms with van der Waals surface area (Å²) in [5, 5.41) is 5.95. The molecule has 0 saturated carbocycles. The second kappa shape index (κ2) is 7.83. The van der Waals surface area contributed by atoms with Crippen LogP contribution in [-0.2, 0) is 11.0 Å². The molecule has 7 heteroatoms. The van der Waals surface area contributed by atoms with E-state index < -0.39 is 17.8 Å². The summed E-state index contributed by atoms with van der Waals surface area (Å²) in [6, 6.07) is 4.64. The van der Waals surface area contributed by atoms with Gasteiger partial charge >= 0.3 is 6.18 Å². The van der Waals surface area contributed by atoms with E-state index in [-0.39, 0.29) is 24.2 Å². The number of rotatable bonds is 3. The van der Waals surface area contributed by atoms with Gasteiger partial charge in [-0.3, -0.25) is 4.79 Å². The van der Waals surface area contributed by atoms with Crippen LogP contribution in [0, 0.1) is 5.92 Å². The van der Waals surface area contributed by atoms with Crippen LogP contribution in [0.4, 0.5) is 13.2 Å². The molecule has 1 aromatic carbocycles. The Morgan fingerprint density at radius 3 is 2.73 bits per heavy atom. The molecule has 2 N–H and O–H groups in total. The lowest BCUT2D eigenvalue weighted by Crippen LogP contribution is -2.41. The molecule has 0 bridgehead atoms. The van der Waals surface area contributed by atoms with Crippen molar-refractivity contribution in [3.63, 3.8) is 0 Å². The Morgan fingerprint density at radius 2 is 2.14 bits per heavy atom. The maximum Gasteiger partial charge on any atom is 0.416 e. The van der Waals surface area contributed by atoms with E-state index in [1.807, 2.05) is 0 Å². The van der Waals surface area contributed by atoms with Gasteiger partial charge in [0, 0.05) is 6.54 Å². The first-order valence-electron chi connectivity index (χ1n) is 7.06. The lowest BCUT2D eigenvalue weighted by Gasteiger charge is -2.24. The van der Waals surface area contributed by atoms with Gasteiger partial charge in [-0.05, 0) is 44.0 Å². The third-order valence-electron chi connectivity index (χ3n) is 3.74. The minimum Gasteiger partial charge on any atom is -0.349 e. The standard InChI is InChI=1S/C15H19F3N2O.ClH/c1-10(20-14(21)12-5-3-7-19-9-12)11-4-2-6-13(8-11)15(16,17)18;/h2,4,6,8,10,12,19H,3,5,7,9H2,1H3,(H,20,21);1H. The van der Waals surface area contributed by atoms with Gasteiger partial charge in [0.25, 0.3) is 0 Å². The van der Waals surface area contributed by atoms with Crippen LogP contribution in [0.25, 0.3) is 0 Å². The SMILES string of the molecule is CC(NC(=O)C1CCCNC1)c1cccc(C(F)(F)F)c1.Cl. The van der Waals surface area contributed by atoms with E-state index in [4.69, 9.17) is 0 Å². The number of carbonyl (C=O) groups excluding carboxylic acids is 1. The quantitative estimate of drug-likeness (QED) is 0.889. The van der Waals surface area contributed by atoms with Gasteiger partial charge in [0.15, 0.2) is 0 Å². The number of piperidine rings is 1. The van der Waals surface area contributed by atoms with E-state index >= 15 is 0 Å². The lowest BCUT2D eigenvalue weighted by molar-refractivity contribution is -0.137. The summed E-state index contributed by atoms with van der Waals surface area (Å²) >= 11 is 0. The molecule has 3 nitrogen and oxygen atoms in total. The van der Waals surface area contributed by atoms with Gasteiger partial charge in [0.05, 0.1) is 17.5 Å². The van der Waals surface area contributed by atoms with Gasteiger partial charge in [-0.1, -0.05) is 12.1 Å². The first-order valence-corrected chi connectivity index (χ1v) is 7.06. The highest BCUT2D eigenvalue weighted by Gasteiger charge is 2.31. The van der Waals surface area contributed by atoms with Crippen LogP contribution >= 0.6 is 12.4 Å². The van der Waals surface area contributed by atoms with Gasteiger partial charge in [0.2, 0.25) is 5.91 Å². The van der Waals surface area contributed by atoms with Crippen molar-refractivity contribution in [2.75, 3.05) is 13.1 Å². The van der Waals surface area contributed by atoms with Gasteiger partial charge < -0.3 is 10.6 Å². The molecule has 124 valence electrons. The zero-order valence-electron chi connectivity index (χ0n) is 12.2. The summed E-state index contributed by atoms with van der Waals surface area (Å²) in [6.45, 7) is 3.23. The minimum atomic E-state index is -4.37. The first-order chi connectivity index (χ1) is 9.88. The Morgan fingerprint density at radius 1 is 1.41 bits per heavy atom. The van der Waals surface area contributed by atoms with Crippen molar-refractivity contribution < 1.29 is 18.0 Å². The summed E-state index contributed by atoms with van der Waals surface area (Å²) in [7, 11) is 0. The number of carbonyl (C=O) groups is 1. The fraction of sp³-hybridized carbons (Fsp3) is 0.533. The third kappa shape index (κ3) is 4.88. The Bertz CT molecular complexity index is 502. The zero-order valence-corrected chi connectivity index (χ0v) is 13.1. The third-order valence-corrected chi connectivity index (χ3v) is 3.74. The normalized spacial score (nSPS) is 19.9. The van der Waals surface area contributed by atoms with Crippen molar-refractivity contribution in [3.05, 3.63) is 35.4 Å². The molecule has 1 aliphatic heterocycles. The fourth-order valence-electron chi connectivity index (χ4n) is 2.47. The molecule has 0 spiro atoms. The van der Waals surface area contributed by atoms with E-state index in [0.717, 1.165) is 31.5 Å². The average molecular weight is 337 g/mol. The summed E-state index contributed by atoms with van der Waals surface area (Å²) in [5.41, 5.74) is -0.234. The maximum atomic E-state index is 12.7. The Balaban J connectivity index is 0.00000242. The molecule has 1 fully saturated rings. The molecule has 1 amide bonds. The van der Waals surface area contributed by atoms with Gasteiger partial charge in [-0.2, -0.15) is 13.2 Å². The average Bonchev–Trinajstić information content (AvgIpc) is 2.47. The molecule has 2 rings (SSSR count). The van der Waals surface area contributed by atoms with Gasteiger partial charge in [-0.15, -0.1) is 12.4 Å². The Labute approximate surface area is 134 Å². The maximum absolute atomic E-state index is 12.7. The smallest absolute Gasteiger partial charge is 0.349 e. The molecule has 0 radical (unpaired) electrons. The van der Waals surface area contributed by atoms with Gasteiger partial charge in [0.1, 0.15) is 0 Å². The number of amides is 1. The second-order valence-corrected chi connectivity index (χ2v) is 5.40. The van der Waals surface area contributed by atoms with Crippen LogP contribution in [0.3, 0.4) is 0 Å². The van der Waals surface area contributed by atoms with Crippen molar-refractivity contribution in [3.8, 4) is 0 Å². The molecule has 22 heavy (non-hydrogen) atoms. The zero-order chi connectivity index (χ0) is 15.5. The molecule has 2 atom stereocenters. The number of benzene rings is 1. The summed E-state index contributed by atoms with van der Waals surface area (Å²) in [5.74, 6) is -0.209. The second-order valence-electron chi connectivity index (χ2n) is 5.40. The van der Waals surface area contributed by atoms with E-state index in [1.54, 1.807) is 13.0 Å². The van der Waals surface area contributed by atoms with Crippen molar-refractivity contribution in [1.82, 2.24) is 10.6 Å². The van der Waals surface area contributed by atoms with Crippen LogP contribution in [-0.4, -0.2) is 19.0 Å². The summed E-state index contributed by atoms with van der Waals surface area (Å²) in [4.78, 5) is 12.1. The monoisotopic (exact) mass is 336 g/mol. The summed E-state index contributed by atoms with van der Waals surface area (Å²) in [6.07, 6.45) is -2.61. The van der Waals surface area contributed by atoms with E-state index in [2.05, 4.69) is 10.6 Å². The van der Waals surface area contributed by atoms with Crippen LogP contribution in [0.5, 0.6) is 0 Å².